The molecular formula is C21H20Cl3N3O2. The van der Waals surface area contributed by atoms with Crippen molar-refractivity contribution < 1.29 is 9.53 Å². The minimum absolute atomic E-state index is 0.0984. The lowest BCUT2D eigenvalue weighted by Gasteiger charge is -2.19. The Morgan fingerprint density at radius 3 is 2.52 bits per heavy atom. The SMILES string of the molecule is Cn1ccnc1[C@H](NC(=O)CCCOc1ccc(Cl)cc1Cl)c1ccc(Cl)cc1. The van der Waals surface area contributed by atoms with E-state index < -0.39 is 0 Å². The summed E-state index contributed by atoms with van der Waals surface area (Å²) in [4.78, 5) is 16.9. The van der Waals surface area contributed by atoms with Gasteiger partial charge in [-0.2, -0.15) is 0 Å². The van der Waals surface area contributed by atoms with Crippen LogP contribution >= 0.6 is 34.8 Å². The monoisotopic (exact) mass is 451 g/mol. The maximum absolute atomic E-state index is 12.5. The molecule has 3 rings (SSSR count). The molecule has 152 valence electrons. The maximum Gasteiger partial charge on any atom is 0.220 e. The van der Waals surface area contributed by atoms with Gasteiger partial charge < -0.3 is 14.6 Å². The summed E-state index contributed by atoms with van der Waals surface area (Å²) >= 11 is 18.0. The Morgan fingerprint density at radius 2 is 1.86 bits per heavy atom. The Bertz CT molecular complexity index is 974. The van der Waals surface area contributed by atoms with Gasteiger partial charge in [0.15, 0.2) is 0 Å². The molecule has 0 aliphatic carbocycles. The molecule has 0 saturated carbocycles. The molecule has 1 aromatic heterocycles. The number of hydrogen-bond donors (Lipinski definition) is 1. The van der Waals surface area contributed by atoms with Crippen LogP contribution in [0.25, 0.3) is 0 Å². The van der Waals surface area contributed by atoms with E-state index in [0.29, 0.717) is 40.3 Å². The Hall–Kier alpha value is -2.21. The molecule has 0 aliphatic heterocycles. The second-order valence-corrected chi connectivity index (χ2v) is 7.76. The van der Waals surface area contributed by atoms with Crippen LogP contribution in [0.2, 0.25) is 15.1 Å². The number of benzene rings is 2. The van der Waals surface area contributed by atoms with Gasteiger partial charge in [-0.25, -0.2) is 4.98 Å². The summed E-state index contributed by atoms with van der Waals surface area (Å²) < 4.78 is 7.51. The van der Waals surface area contributed by atoms with Gasteiger partial charge in [0, 0.05) is 35.9 Å². The van der Waals surface area contributed by atoms with Gasteiger partial charge in [-0.05, 0) is 42.3 Å². The summed E-state index contributed by atoms with van der Waals surface area (Å²) in [6, 6.07) is 12.0. The fourth-order valence-corrected chi connectivity index (χ4v) is 3.44. The topological polar surface area (TPSA) is 56.2 Å². The van der Waals surface area contributed by atoms with Crippen molar-refractivity contribution in [2.45, 2.75) is 18.9 Å². The first-order valence-corrected chi connectivity index (χ1v) is 10.2. The van der Waals surface area contributed by atoms with Crippen LogP contribution in [0.4, 0.5) is 0 Å². The van der Waals surface area contributed by atoms with E-state index in [1.54, 1.807) is 36.5 Å². The first-order valence-electron chi connectivity index (χ1n) is 9.04. The van der Waals surface area contributed by atoms with Crippen LogP contribution in [0.15, 0.2) is 54.9 Å². The highest BCUT2D eigenvalue weighted by Gasteiger charge is 2.20. The second kappa shape index (κ2) is 10.0. The summed E-state index contributed by atoms with van der Waals surface area (Å²) in [5, 5.41) is 4.67. The lowest BCUT2D eigenvalue weighted by molar-refractivity contribution is -0.121. The van der Waals surface area contributed by atoms with Crippen molar-refractivity contribution in [3.05, 3.63) is 81.3 Å². The molecule has 0 saturated heterocycles. The van der Waals surface area contributed by atoms with Gasteiger partial charge in [-0.15, -0.1) is 0 Å². The number of aromatic nitrogens is 2. The van der Waals surface area contributed by atoms with E-state index in [-0.39, 0.29) is 11.9 Å². The normalized spacial score (nSPS) is 11.9. The Labute approximate surface area is 184 Å². The summed E-state index contributed by atoms with van der Waals surface area (Å²) in [5.41, 5.74) is 0.904. The molecule has 1 heterocycles. The molecule has 0 spiro atoms. The van der Waals surface area contributed by atoms with Crippen LogP contribution in [0.5, 0.6) is 5.75 Å². The minimum atomic E-state index is -0.369. The molecule has 1 atom stereocenters. The molecule has 5 nitrogen and oxygen atoms in total. The quantitative estimate of drug-likeness (QED) is 0.463. The lowest BCUT2D eigenvalue weighted by atomic mass is 10.1. The third-order valence-corrected chi connectivity index (χ3v) is 5.11. The van der Waals surface area contributed by atoms with Crippen LogP contribution in [0, 0.1) is 0 Å². The highest BCUT2D eigenvalue weighted by Crippen LogP contribution is 2.27. The smallest absolute Gasteiger partial charge is 0.220 e. The Balaban J connectivity index is 1.58. The number of rotatable bonds is 8. The van der Waals surface area contributed by atoms with Crippen LogP contribution in [-0.2, 0) is 11.8 Å². The van der Waals surface area contributed by atoms with Gasteiger partial charge in [-0.1, -0.05) is 46.9 Å². The van der Waals surface area contributed by atoms with E-state index in [4.69, 9.17) is 39.5 Å². The number of aryl methyl sites for hydroxylation is 1. The highest BCUT2D eigenvalue weighted by molar-refractivity contribution is 6.35. The molecule has 0 radical (unpaired) electrons. The number of carbonyl (C=O) groups excluding carboxylic acids is 1. The largest absolute Gasteiger partial charge is 0.492 e. The number of carbonyl (C=O) groups is 1. The third-order valence-electron chi connectivity index (χ3n) is 4.32. The van der Waals surface area contributed by atoms with Crippen LogP contribution in [0.1, 0.15) is 30.3 Å². The van der Waals surface area contributed by atoms with E-state index in [2.05, 4.69) is 10.3 Å². The van der Waals surface area contributed by atoms with Crippen LogP contribution in [0.3, 0.4) is 0 Å². The first kappa shape index (κ1) is 21.5. The maximum atomic E-state index is 12.5. The van der Waals surface area contributed by atoms with Crippen molar-refractivity contribution in [2.75, 3.05) is 6.61 Å². The number of hydrogen-bond acceptors (Lipinski definition) is 3. The summed E-state index contributed by atoms with van der Waals surface area (Å²) in [6.07, 6.45) is 4.39. The van der Waals surface area contributed by atoms with Crippen molar-refractivity contribution in [1.82, 2.24) is 14.9 Å². The molecule has 1 amide bonds. The summed E-state index contributed by atoms with van der Waals surface area (Å²) in [7, 11) is 1.89. The van der Waals surface area contributed by atoms with E-state index >= 15 is 0 Å². The Morgan fingerprint density at radius 1 is 1.14 bits per heavy atom. The van der Waals surface area contributed by atoms with Crippen molar-refractivity contribution >= 4 is 40.7 Å². The van der Waals surface area contributed by atoms with Gasteiger partial charge in [-0.3, -0.25) is 4.79 Å². The first-order chi connectivity index (χ1) is 13.9. The second-order valence-electron chi connectivity index (χ2n) is 6.48. The van der Waals surface area contributed by atoms with Gasteiger partial charge in [0.1, 0.15) is 17.6 Å². The molecule has 1 N–H and O–H groups in total. The standard InChI is InChI=1S/C21H20Cl3N3O2/c1-27-11-10-25-21(27)20(14-4-6-15(22)7-5-14)26-19(28)3-2-12-29-18-9-8-16(23)13-17(18)24/h4-11,13,20H,2-3,12H2,1H3,(H,26,28)/t20-/m1/s1. The zero-order valence-corrected chi connectivity index (χ0v) is 18.0. The zero-order valence-electron chi connectivity index (χ0n) is 15.7. The molecular weight excluding hydrogens is 433 g/mol. The summed E-state index contributed by atoms with van der Waals surface area (Å²) in [6.45, 7) is 0.364. The summed E-state index contributed by atoms with van der Waals surface area (Å²) in [5.74, 6) is 1.19. The van der Waals surface area contributed by atoms with E-state index in [1.807, 2.05) is 29.9 Å². The van der Waals surface area contributed by atoms with Crippen molar-refractivity contribution in [3.63, 3.8) is 0 Å². The predicted molar refractivity (Wildman–Crippen MR) is 116 cm³/mol. The molecule has 2 aromatic carbocycles. The van der Waals surface area contributed by atoms with Crippen molar-refractivity contribution in [1.29, 1.82) is 0 Å². The molecule has 0 bridgehead atoms. The average Bonchev–Trinajstić information content (AvgIpc) is 3.11. The van der Waals surface area contributed by atoms with Gasteiger partial charge >= 0.3 is 0 Å². The molecule has 3 aromatic rings. The fraction of sp³-hybridized carbons (Fsp3) is 0.238. The number of nitrogens with one attached hydrogen (secondary N) is 1. The minimum Gasteiger partial charge on any atom is -0.492 e. The van der Waals surface area contributed by atoms with Crippen molar-refractivity contribution in [2.24, 2.45) is 7.05 Å². The molecule has 29 heavy (non-hydrogen) atoms. The van der Waals surface area contributed by atoms with Crippen LogP contribution in [-0.4, -0.2) is 22.1 Å². The van der Waals surface area contributed by atoms with Crippen LogP contribution < -0.4 is 10.1 Å². The number of ether oxygens (including phenoxy) is 1. The molecule has 0 unspecified atom stereocenters. The number of halogens is 3. The van der Waals surface area contributed by atoms with Gasteiger partial charge in [0.2, 0.25) is 5.91 Å². The third kappa shape index (κ3) is 5.89. The van der Waals surface area contributed by atoms with Gasteiger partial charge in [0.05, 0.1) is 11.6 Å². The fourth-order valence-electron chi connectivity index (χ4n) is 2.85. The average molecular weight is 453 g/mol. The lowest BCUT2D eigenvalue weighted by Crippen LogP contribution is -2.31. The molecule has 8 heteroatoms. The zero-order chi connectivity index (χ0) is 20.8. The van der Waals surface area contributed by atoms with E-state index in [1.165, 1.54) is 0 Å². The van der Waals surface area contributed by atoms with Gasteiger partial charge in [0.25, 0.3) is 0 Å². The number of imidazole rings is 1. The highest BCUT2D eigenvalue weighted by atomic mass is 35.5. The molecule has 0 aliphatic rings. The van der Waals surface area contributed by atoms with E-state index in [9.17, 15) is 4.79 Å². The van der Waals surface area contributed by atoms with Crippen molar-refractivity contribution in [3.8, 4) is 5.75 Å². The Kier molecular flexibility index (Phi) is 7.42. The predicted octanol–water partition coefficient (Wildman–Crippen LogP) is 5.45. The number of amides is 1. The molecule has 0 fully saturated rings. The van der Waals surface area contributed by atoms with E-state index in [0.717, 1.165) is 11.4 Å². The number of nitrogens with zero attached hydrogens (tertiary/aromatic N) is 2.